The minimum atomic E-state index is -3.56. The molecule has 0 aromatic carbocycles. The van der Waals surface area contributed by atoms with Crippen LogP contribution in [0.3, 0.4) is 0 Å². The molecule has 1 unspecified atom stereocenters. The van der Waals surface area contributed by atoms with E-state index < -0.39 is 15.2 Å². The van der Waals surface area contributed by atoms with E-state index >= 15 is 0 Å². The van der Waals surface area contributed by atoms with E-state index in [4.69, 9.17) is 15.4 Å². The molecule has 1 aliphatic carbocycles. The van der Waals surface area contributed by atoms with Crippen molar-refractivity contribution in [3.05, 3.63) is 0 Å². The largest absolute Gasteiger partial charge is 0.461 e. The lowest BCUT2D eigenvalue weighted by Gasteiger charge is -2.04. The highest BCUT2D eigenvalue weighted by atomic mass is 35.7. The third-order valence-corrected chi connectivity index (χ3v) is 3.71. The van der Waals surface area contributed by atoms with Crippen LogP contribution in [0.2, 0.25) is 0 Å². The van der Waals surface area contributed by atoms with Crippen LogP contribution in [-0.4, -0.2) is 26.2 Å². The first kappa shape index (κ1) is 9.27. The van der Waals surface area contributed by atoms with Crippen molar-refractivity contribution in [1.82, 2.24) is 0 Å². The molecule has 0 aromatic heterocycles. The van der Waals surface area contributed by atoms with Gasteiger partial charge < -0.3 is 4.74 Å². The van der Waals surface area contributed by atoms with Crippen molar-refractivity contribution in [2.24, 2.45) is 5.41 Å². The van der Waals surface area contributed by atoms with Gasteiger partial charge in [0.15, 0.2) is 0 Å². The first-order chi connectivity index (χ1) is 5.91. The number of hydrogen-bond acceptors (Lipinski definition) is 4. The van der Waals surface area contributed by atoms with Crippen molar-refractivity contribution in [3.63, 3.8) is 0 Å². The summed E-state index contributed by atoms with van der Waals surface area (Å²) in [5.41, 5.74) is -0.341. The molecule has 1 saturated carbocycles. The van der Waals surface area contributed by atoms with Crippen LogP contribution in [-0.2, 0) is 18.6 Å². The Hall–Kier alpha value is -0.290. The zero-order chi connectivity index (χ0) is 9.69. The highest BCUT2D eigenvalue weighted by molar-refractivity contribution is 8.13. The van der Waals surface area contributed by atoms with Crippen LogP contribution in [0.15, 0.2) is 0 Å². The summed E-state index contributed by atoms with van der Waals surface area (Å²) in [6.07, 6.45) is 1.63. The molecule has 1 atom stereocenters. The Kier molecular flexibility index (Phi) is 1.86. The standard InChI is InChI=1S/C7H9ClO4S/c8-13(10,11)4-5-3-7(1-2-7)6(9)12-5/h5H,1-4H2. The van der Waals surface area contributed by atoms with Crippen LogP contribution >= 0.6 is 10.7 Å². The zero-order valence-corrected chi connectivity index (χ0v) is 8.40. The Bertz CT molecular complexity index is 344. The fourth-order valence-electron chi connectivity index (χ4n) is 1.71. The van der Waals surface area contributed by atoms with Gasteiger partial charge in [-0.25, -0.2) is 8.42 Å². The molecule has 4 nitrogen and oxygen atoms in total. The summed E-state index contributed by atoms with van der Waals surface area (Å²) in [5.74, 6) is -0.514. The fraction of sp³-hybridized carbons (Fsp3) is 0.857. The van der Waals surface area contributed by atoms with Gasteiger partial charge in [-0.15, -0.1) is 0 Å². The first-order valence-corrected chi connectivity index (χ1v) is 6.53. The molecular weight excluding hydrogens is 216 g/mol. The fourth-order valence-corrected chi connectivity index (χ4v) is 2.76. The number of ether oxygens (including phenoxy) is 1. The molecule has 0 N–H and O–H groups in total. The van der Waals surface area contributed by atoms with Crippen molar-refractivity contribution in [1.29, 1.82) is 0 Å². The lowest BCUT2D eigenvalue weighted by molar-refractivity contribution is -0.144. The van der Waals surface area contributed by atoms with E-state index in [1.165, 1.54) is 0 Å². The van der Waals surface area contributed by atoms with E-state index in [9.17, 15) is 13.2 Å². The summed E-state index contributed by atoms with van der Waals surface area (Å²) in [4.78, 5) is 11.2. The van der Waals surface area contributed by atoms with Gasteiger partial charge in [-0.05, 0) is 12.8 Å². The Morgan fingerprint density at radius 1 is 1.54 bits per heavy atom. The third kappa shape index (κ3) is 1.81. The van der Waals surface area contributed by atoms with Crippen LogP contribution in [0.1, 0.15) is 19.3 Å². The van der Waals surface area contributed by atoms with Gasteiger partial charge in [-0.3, -0.25) is 4.79 Å². The Labute approximate surface area is 80.6 Å². The molecule has 1 saturated heterocycles. The van der Waals surface area contributed by atoms with Gasteiger partial charge in [0.25, 0.3) is 0 Å². The smallest absolute Gasteiger partial charge is 0.312 e. The lowest BCUT2D eigenvalue weighted by Crippen LogP contribution is -2.16. The normalized spacial score (nSPS) is 30.5. The van der Waals surface area contributed by atoms with E-state index in [2.05, 4.69) is 0 Å². The molecule has 0 radical (unpaired) electrons. The molecule has 0 aromatic rings. The highest BCUT2D eigenvalue weighted by Crippen LogP contribution is 2.54. The van der Waals surface area contributed by atoms with Crippen LogP contribution in [0.4, 0.5) is 0 Å². The molecule has 6 heteroatoms. The molecule has 13 heavy (non-hydrogen) atoms. The zero-order valence-electron chi connectivity index (χ0n) is 6.82. The molecule has 0 amide bonds. The monoisotopic (exact) mass is 224 g/mol. The second-order valence-electron chi connectivity index (χ2n) is 3.72. The maximum Gasteiger partial charge on any atom is 0.312 e. The molecule has 1 aliphatic heterocycles. The summed E-state index contributed by atoms with van der Waals surface area (Å²) in [7, 11) is 1.50. The molecule has 2 aliphatic rings. The topological polar surface area (TPSA) is 60.4 Å². The summed E-state index contributed by atoms with van der Waals surface area (Å²) < 4.78 is 26.3. The highest BCUT2D eigenvalue weighted by Gasteiger charge is 2.58. The second-order valence-corrected chi connectivity index (χ2v) is 6.54. The van der Waals surface area contributed by atoms with Gasteiger partial charge >= 0.3 is 5.97 Å². The number of halogens is 1. The number of cyclic esters (lactones) is 1. The first-order valence-electron chi connectivity index (χ1n) is 4.05. The Morgan fingerprint density at radius 2 is 2.15 bits per heavy atom. The van der Waals surface area contributed by atoms with E-state index in [1.807, 2.05) is 0 Å². The predicted molar refractivity (Wildman–Crippen MR) is 45.8 cm³/mol. The molecule has 74 valence electrons. The molecule has 1 spiro atoms. The van der Waals surface area contributed by atoms with Gasteiger partial charge in [0.1, 0.15) is 11.9 Å². The van der Waals surface area contributed by atoms with Gasteiger partial charge in [0.2, 0.25) is 9.05 Å². The number of rotatable bonds is 2. The van der Waals surface area contributed by atoms with Crippen LogP contribution in [0.5, 0.6) is 0 Å². The minimum Gasteiger partial charge on any atom is -0.461 e. The summed E-state index contributed by atoms with van der Waals surface area (Å²) in [6.45, 7) is 0. The van der Waals surface area contributed by atoms with E-state index in [1.54, 1.807) is 0 Å². The lowest BCUT2D eigenvalue weighted by atomic mass is 10.0. The van der Waals surface area contributed by atoms with E-state index in [-0.39, 0.29) is 17.1 Å². The number of hydrogen-bond donors (Lipinski definition) is 0. The SMILES string of the molecule is O=C1OC(CS(=O)(=O)Cl)CC12CC2. The van der Waals surface area contributed by atoms with Crippen LogP contribution in [0, 0.1) is 5.41 Å². The van der Waals surface area contributed by atoms with Gasteiger partial charge in [-0.1, -0.05) is 0 Å². The average molecular weight is 225 g/mol. The Balaban J connectivity index is 2.03. The molecule has 0 bridgehead atoms. The van der Waals surface area contributed by atoms with Crippen molar-refractivity contribution in [2.75, 3.05) is 5.75 Å². The van der Waals surface area contributed by atoms with Crippen molar-refractivity contribution < 1.29 is 17.9 Å². The maximum absolute atomic E-state index is 11.2. The number of carbonyl (C=O) groups excluding carboxylic acids is 1. The predicted octanol–water partition coefficient (Wildman–Crippen LogP) is 0.651. The Morgan fingerprint density at radius 3 is 2.54 bits per heavy atom. The van der Waals surface area contributed by atoms with E-state index in [0.29, 0.717) is 6.42 Å². The number of carbonyl (C=O) groups is 1. The number of esters is 1. The summed E-state index contributed by atoms with van der Waals surface area (Å²) in [6, 6.07) is 0. The van der Waals surface area contributed by atoms with Crippen LogP contribution < -0.4 is 0 Å². The summed E-state index contributed by atoms with van der Waals surface area (Å²) in [5, 5.41) is 0. The van der Waals surface area contributed by atoms with Crippen molar-refractivity contribution in [2.45, 2.75) is 25.4 Å². The second kappa shape index (κ2) is 2.60. The van der Waals surface area contributed by atoms with Crippen molar-refractivity contribution >= 4 is 25.7 Å². The minimum absolute atomic E-state index is 0.252. The molecule has 2 fully saturated rings. The molecular formula is C7H9ClO4S. The van der Waals surface area contributed by atoms with Crippen LogP contribution in [0.25, 0.3) is 0 Å². The maximum atomic E-state index is 11.2. The van der Waals surface area contributed by atoms with E-state index in [0.717, 1.165) is 12.8 Å². The summed E-state index contributed by atoms with van der Waals surface area (Å²) >= 11 is 0. The third-order valence-electron chi connectivity index (χ3n) is 2.56. The quantitative estimate of drug-likeness (QED) is 0.511. The molecule has 1 heterocycles. The van der Waals surface area contributed by atoms with Gasteiger partial charge in [0.05, 0.1) is 5.41 Å². The molecule has 2 rings (SSSR count). The average Bonchev–Trinajstić information content (AvgIpc) is 2.58. The van der Waals surface area contributed by atoms with Gasteiger partial charge in [0, 0.05) is 17.1 Å². The van der Waals surface area contributed by atoms with Crippen molar-refractivity contribution in [3.8, 4) is 0 Å². The van der Waals surface area contributed by atoms with Gasteiger partial charge in [-0.2, -0.15) is 0 Å².